The van der Waals surface area contributed by atoms with Crippen LogP contribution in [-0.4, -0.2) is 87.0 Å². The normalized spacial score (nSPS) is 25.5. The number of likely N-dealkylation sites (N-methyl/N-ethyl adjacent to an activating group) is 1. The molecule has 6 rings (SSSR count). The summed E-state index contributed by atoms with van der Waals surface area (Å²) in [5.74, 6) is -1.07. The molecule has 5 heterocycles. The molecule has 0 spiro atoms. The number of anilines is 2. The number of nitrogens with zero attached hydrogens (tertiary/aromatic N) is 5. The first-order valence-corrected chi connectivity index (χ1v) is 13.5. The molecule has 2 amide bonds. The van der Waals surface area contributed by atoms with E-state index in [0.29, 0.717) is 6.42 Å². The lowest BCUT2D eigenvalue weighted by atomic mass is 9.78. The van der Waals surface area contributed by atoms with E-state index in [-0.39, 0.29) is 57.9 Å². The first-order chi connectivity index (χ1) is 18.3. The number of likely N-dealkylation sites (tertiary alicyclic amines) is 1. The van der Waals surface area contributed by atoms with Gasteiger partial charge in [-0.1, -0.05) is 11.6 Å². The fraction of sp³-hybridized carbons (Fsp3) is 0.615. The minimum atomic E-state index is -1.07. The van der Waals surface area contributed by atoms with Crippen molar-refractivity contribution in [3.05, 3.63) is 17.2 Å². The van der Waals surface area contributed by atoms with Crippen molar-refractivity contribution in [2.45, 2.75) is 76.8 Å². The van der Waals surface area contributed by atoms with Crippen LogP contribution in [-0.2, 0) is 4.74 Å². The number of carbonyl (C=O) groups is 2. The maximum Gasteiger partial charge on any atom is 0.415 e. The van der Waals surface area contributed by atoms with Crippen molar-refractivity contribution in [1.29, 1.82) is 0 Å². The second kappa shape index (κ2) is 9.81. The Morgan fingerprint density at radius 1 is 1.36 bits per heavy atom. The maximum atomic E-state index is 15.4. The molecule has 11 nitrogen and oxygen atoms in total. The summed E-state index contributed by atoms with van der Waals surface area (Å²) >= 11 is 6.02. The molecular formula is C26H34ClFN6O5. The van der Waals surface area contributed by atoms with Gasteiger partial charge in [-0.2, -0.15) is 0 Å². The van der Waals surface area contributed by atoms with Gasteiger partial charge in [0.25, 0.3) is 0 Å². The van der Waals surface area contributed by atoms with Crippen LogP contribution in [0, 0.1) is 11.7 Å². The number of carbonyl (C=O) groups excluding carboxylic acids is 1. The molecule has 0 unspecified atom stereocenters. The molecule has 4 aliphatic rings. The molecule has 0 aromatic carbocycles. The molecule has 3 N–H and O–H groups in total. The molecule has 2 bridgehead atoms. The summed E-state index contributed by atoms with van der Waals surface area (Å²) in [5, 5.41) is 9.49. The summed E-state index contributed by atoms with van der Waals surface area (Å²) in [5.41, 5.74) is 5.79. The standard InChI is InChI=1S/C26H34ClFN6O5/c1-12(15-7-6-8-32(15)5)38-23-18(29)21(14-10-30-22(27)17(28)19(14)31-23)34(25(37)39-26(2,3)4)20-13-9-16(20)33(11-13)24(35)36/h10,12-13,15-16,20H,6-9,11,29H2,1-5H3,(H,35,36)/t12-,13+,15-,16+,20-/m0/s1. The number of rotatable bonds is 5. The third-order valence-electron chi connectivity index (χ3n) is 7.95. The van der Waals surface area contributed by atoms with Crippen LogP contribution in [0.5, 0.6) is 5.88 Å². The molecule has 13 heteroatoms. The van der Waals surface area contributed by atoms with Gasteiger partial charge in [0.15, 0.2) is 11.0 Å². The van der Waals surface area contributed by atoms with E-state index >= 15 is 4.39 Å². The van der Waals surface area contributed by atoms with Crippen molar-refractivity contribution in [3.8, 4) is 5.88 Å². The van der Waals surface area contributed by atoms with Gasteiger partial charge in [-0.05, 0) is 60.5 Å². The highest BCUT2D eigenvalue weighted by Gasteiger charge is 2.58. The van der Waals surface area contributed by atoms with E-state index in [9.17, 15) is 14.7 Å². The Hall–Kier alpha value is -3.12. The molecule has 39 heavy (non-hydrogen) atoms. The largest absolute Gasteiger partial charge is 0.471 e. The molecule has 212 valence electrons. The van der Waals surface area contributed by atoms with Gasteiger partial charge < -0.3 is 25.2 Å². The molecule has 3 saturated heterocycles. The predicted molar refractivity (Wildman–Crippen MR) is 144 cm³/mol. The maximum absolute atomic E-state index is 15.4. The van der Waals surface area contributed by atoms with Gasteiger partial charge >= 0.3 is 12.2 Å². The highest BCUT2D eigenvalue weighted by molar-refractivity contribution is 6.30. The number of halogens is 2. The van der Waals surface area contributed by atoms with E-state index in [1.54, 1.807) is 20.8 Å². The Morgan fingerprint density at radius 2 is 2.08 bits per heavy atom. The summed E-state index contributed by atoms with van der Waals surface area (Å²) in [4.78, 5) is 38.9. The van der Waals surface area contributed by atoms with Crippen LogP contribution in [0.4, 0.5) is 25.4 Å². The van der Waals surface area contributed by atoms with Gasteiger partial charge in [-0.15, -0.1) is 0 Å². The van der Waals surface area contributed by atoms with Gasteiger partial charge in [0.1, 0.15) is 22.9 Å². The van der Waals surface area contributed by atoms with Gasteiger partial charge in [0.2, 0.25) is 5.88 Å². The predicted octanol–water partition coefficient (Wildman–Crippen LogP) is 4.36. The molecule has 4 fully saturated rings. The van der Waals surface area contributed by atoms with Crippen molar-refractivity contribution >= 4 is 46.1 Å². The topological polar surface area (TPSA) is 134 Å². The minimum Gasteiger partial charge on any atom is -0.471 e. The highest BCUT2D eigenvalue weighted by Crippen LogP contribution is 2.50. The third-order valence-corrected chi connectivity index (χ3v) is 8.21. The molecular weight excluding hydrogens is 531 g/mol. The second-order valence-electron chi connectivity index (χ2n) is 11.7. The Labute approximate surface area is 231 Å². The second-order valence-corrected chi connectivity index (χ2v) is 12.0. The third kappa shape index (κ3) is 4.77. The monoisotopic (exact) mass is 564 g/mol. The van der Waals surface area contributed by atoms with Crippen LogP contribution in [0.1, 0.15) is 47.0 Å². The number of pyridine rings is 2. The number of aromatic nitrogens is 2. The van der Waals surface area contributed by atoms with Crippen LogP contribution >= 0.6 is 11.6 Å². The van der Waals surface area contributed by atoms with E-state index < -0.39 is 35.7 Å². The fourth-order valence-electron chi connectivity index (χ4n) is 6.14. The summed E-state index contributed by atoms with van der Waals surface area (Å²) in [6.07, 6.45) is 1.69. The Kier molecular flexibility index (Phi) is 6.91. The van der Waals surface area contributed by atoms with Crippen molar-refractivity contribution in [3.63, 3.8) is 0 Å². The van der Waals surface area contributed by atoms with Gasteiger partial charge in [0, 0.05) is 30.1 Å². The average Bonchev–Trinajstić information content (AvgIpc) is 3.55. The highest BCUT2D eigenvalue weighted by atomic mass is 35.5. The van der Waals surface area contributed by atoms with E-state index in [4.69, 9.17) is 26.8 Å². The number of nitrogens with two attached hydrogens (primary N) is 1. The van der Waals surface area contributed by atoms with Crippen molar-refractivity contribution in [2.24, 2.45) is 5.92 Å². The lowest BCUT2D eigenvalue weighted by Gasteiger charge is -2.44. The lowest BCUT2D eigenvalue weighted by Crippen LogP contribution is -2.58. The quantitative estimate of drug-likeness (QED) is 0.508. The summed E-state index contributed by atoms with van der Waals surface area (Å²) in [6, 6.07) is -0.943. The summed E-state index contributed by atoms with van der Waals surface area (Å²) in [7, 11) is 2.01. The average molecular weight is 565 g/mol. The first kappa shape index (κ1) is 27.4. The number of nitrogen functional groups attached to an aromatic ring is 1. The van der Waals surface area contributed by atoms with Gasteiger partial charge in [-0.3, -0.25) is 9.80 Å². The van der Waals surface area contributed by atoms with Crippen molar-refractivity contribution in [1.82, 2.24) is 19.8 Å². The Bertz CT molecular complexity index is 1320. The zero-order valence-corrected chi connectivity index (χ0v) is 23.4. The molecule has 5 atom stereocenters. The molecule has 3 aliphatic heterocycles. The molecule has 0 radical (unpaired) electrons. The zero-order valence-electron chi connectivity index (χ0n) is 22.6. The van der Waals surface area contributed by atoms with E-state index in [1.807, 2.05) is 14.0 Å². The molecule has 1 aliphatic carbocycles. The number of hydrogen-bond donors (Lipinski definition) is 2. The zero-order chi connectivity index (χ0) is 28.4. The number of fused-ring (bicyclic) bond motifs is 2. The molecule has 2 aromatic rings. The fourth-order valence-corrected chi connectivity index (χ4v) is 6.28. The Balaban J connectivity index is 1.67. The Morgan fingerprint density at radius 3 is 2.67 bits per heavy atom. The smallest absolute Gasteiger partial charge is 0.415 e. The minimum absolute atomic E-state index is 0.0116. The van der Waals surface area contributed by atoms with Crippen molar-refractivity contribution < 1.29 is 28.6 Å². The van der Waals surface area contributed by atoms with Crippen LogP contribution in [0.3, 0.4) is 0 Å². The van der Waals surface area contributed by atoms with Crippen molar-refractivity contribution in [2.75, 3.05) is 30.8 Å². The van der Waals surface area contributed by atoms with E-state index in [0.717, 1.165) is 19.4 Å². The number of hydrogen-bond acceptors (Lipinski definition) is 8. The summed E-state index contributed by atoms with van der Waals surface area (Å²) < 4.78 is 27.4. The van der Waals surface area contributed by atoms with Crippen LogP contribution in [0.25, 0.3) is 10.9 Å². The number of carboxylic acid groups (broad SMARTS) is 1. The SMILES string of the molecule is C[C@H](Oc1nc2c(F)c(Cl)ncc2c(N(C(=O)OC(C)(C)C)[C@H]2[C@@H]3C[C@H]2N(C(=O)O)C3)c1N)[C@@H]1CCCN1C. The lowest BCUT2D eigenvalue weighted by molar-refractivity contribution is 0.0517. The van der Waals surface area contributed by atoms with E-state index in [2.05, 4.69) is 14.9 Å². The van der Waals surface area contributed by atoms with Gasteiger partial charge in [-0.25, -0.2) is 23.9 Å². The number of ether oxygens (including phenoxy) is 2. The van der Waals surface area contributed by atoms with Crippen LogP contribution < -0.4 is 15.4 Å². The number of amides is 2. The first-order valence-electron chi connectivity index (χ1n) is 13.1. The molecule has 1 saturated carbocycles. The molecule has 2 aromatic heterocycles. The van der Waals surface area contributed by atoms with Crippen LogP contribution in [0.2, 0.25) is 5.15 Å². The van der Waals surface area contributed by atoms with Gasteiger partial charge in [0.05, 0.1) is 17.8 Å². The van der Waals surface area contributed by atoms with Crippen LogP contribution in [0.15, 0.2) is 6.20 Å². The summed E-state index contributed by atoms with van der Waals surface area (Å²) in [6.45, 7) is 8.27. The van der Waals surface area contributed by atoms with E-state index in [1.165, 1.54) is 16.0 Å².